The number of anilines is 1. The van der Waals surface area contributed by atoms with Crippen LogP contribution in [0.15, 0.2) is 35.0 Å². The van der Waals surface area contributed by atoms with Gasteiger partial charge in [-0.2, -0.15) is 0 Å². The lowest BCUT2D eigenvalue weighted by Gasteiger charge is -2.20. The molecule has 0 atom stereocenters. The Hall–Kier alpha value is -3.69. The topological polar surface area (TPSA) is 159 Å². The first kappa shape index (κ1) is 19.1. The maximum atomic E-state index is 12.3. The Kier molecular flexibility index (Phi) is 4.87. The van der Waals surface area contributed by atoms with Gasteiger partial charge in [0, 0.05) is 19.0 Å². The van der Waals surface area contributed by atoms with Crippen LogP contribution >= 0.6 is 0 Å². The van der Waals surface area contributed by atoms with Crippen LogP contribution in [0.5, 0.6) is 0 Å². The molecular formula is C18H20N6O4. The maximum absolute atomic E-state index is 12.3. The average Bonchev–Trinajstić information content (AvgIpc) is 3.27. The number of nitrogens with zero attached hydrogens (tertiary/aromatic N) is 3. The smallest absolute Gasteiger partial charge is 0.296 e. The van der Waals surface area contributed by atoms with E-state index in [0.717, 1.165) is 0 Å². The molecule has 10 heteroatoms. The molecule has 28 heavy (non-hydrogen) atoms. The number of primary amides is 2. The van der Waals surface area contributed by atoms with Crippen molar-refractivity contribution in [3.05, 3.63) is 41.8 Å². The molecule has 3 amide bonds. The average molecular weight is 384 g/mol. The number of hydrogen-bond acceptors (Lipinski definition) is 6. The fourth-order valence-corrected chi connectivity index (χ4v) is 2.70. The highest BCUT2D eigenvalue weighted by atomic mass is 16.5. The van der Waals surface area contributed by atoms with Crippen LogP contribution in [-0.2, 0) is 21.5 Å². The van der Waals surface area contributed by atoms with Crippen molar-refractivity contribution in [2.24, 2.45) is 11.5 Å². The van der Waals surface area contributed by atoms with Crippen LogP contribution in [0.1, 0.15) is 36.4 Å². The highest BCUT2D eigenvalue weighted by Crippen LogP contribution is 2.28. The van der Waals surface area contributed by atoms with E-state index in [-0.39, 0.29) is 24.7 Å². The molecule has 5 N–H and O–H groups in total. The van der Waals surface area contributed by atoms with Crippen LogP contribution in [0, 0.1) is 0 Å². The summed E-state index contributed by atoms with van der Waals surface area (Å²) in [6.45, 7) is 3.65. The van der Waals surface area contributed by atoms with Crippen molar-refractivity contribution in [1.29, 1.82) is 0 Å². The molecule has 0 fully saturated rings. The molecular weight excluding hydrogens is 364 g/mol. The molecule has 0 aliphatic heterocycles. The molecule has 3 rings (SSSR count). The molecule has 0 aliphatic carbocycles. The Labute approximate surface area is 159 Å². The third-order valence-electron chi connectivity index (χ3n) is 4.55. The molecule has 0 unspecified atom stereocenters. The Morgan fingerprint density at radius 3 is 2.57 bits per heavy atom. The number of amides is 3. The maximum Gasteiger partial charge on any atom is 0.296 e. The van der Waals surface area contributed by atoms with E-state index in [2.05, 4.69) is 15.5 Å². The Balaban J connectivity index is 2.04. The zero-order valence-corrected chi connectivity index (χ0v) is 15.4. The second-order valence-corrected chi connectivity index (χ2v) is 6.83. The molecule has 3 aromatic rings. The molecule has 0 saturated carbocycles. The second-order valence-electron chi connectivity index (χ2n) is 6.83. The van der Waals surface area contributed by atoms with E-state index in [4.69, 9.17) is 16.0 Å². The third kappa shape index (κ3) is 3.56. The lowest BCUT2D eigenvalue weighted by molar-refractivity contribution is -0.122. The van der Waals surface area contributed by atoms with Crippen LogP contribution < -0.4 is 16.8 Å². The van der Waals surface area contributed by atoms with Gasteiger partial charge in [0.05, 0.1) is 22.6 Å². The predicted molar refractivity (Wildman–Crippen MR) is 100 cm³/mol. The van der Waals surface area contributed by atoms with E-state index in [1.807, 2.05) is 0 Å². The molecule has 0 spiro atoms. The van der Waals surface area contributed by atoms with Crippen LogP contribution in [-0.4, -0.2) is 32.4 Å². The summed E-state index contributed by atoms with van der Waals surface area (Å²) in [6, 6.07) is 6.66. The largest absolute Gasteiger partial charge is 0.370 e. The van der Waals surface area contributed by atoms with Gasteiger partial charge in [-0.3, -0.25) is 19.7 Å². The van der Waals surface area contributed by atoms with Crippen molar-refractivity contribution in [3.63, 3.8) is 0 Å². The lowest BCUT2D eigenvalue weighted by Crippen LogP contribution is -2.35. The summed E-state index contributed by atoms with van der Waals surface area (Å²) in [6.07, 6.45) is 1.41. The van der Waals surface area contributed by atoms with E-state index in [0.29, 0.717) is 16.6 Å². The zero-order chi connectivity index (χ0) is 20.5. The summed E-state index contributed by atoms with van der Waals surface area (Å²) in [5, 5.41) is 6.14. The SMILES string of the molecule is CC(C)(C(N)=O)c1ccc2c(c1)nc(NC(=O)c1ccno1)n2CCC(N)=O. The van der Waals surface area contributed by atoms with E-state index >= 15 is 0 Å². The minimum absolute atomic E-state index is 0.0176. The zero-order valence-electron chi connectivity index (χ0n) is 15.4. The molecule has 146 valence electrons. The van der Waals surface area contributed by atoms with Crippen molar-refractivity contribution in [3.8, 4) is 0 Å². The van der Waals surface area contributed by atoms with Crippen LogP contribution in [0.2, 0.25) is 0 Å². The standard InChI is InChI=1S/C18H20N6O4/c1-18(2,16(20)27)10-3-4-12-11(9-10)22-17(24(12)8-6-14(19)25)23-15(26)13-5-7-21-28-13/h3-5,7,9H,6,8H2,1-2H3,(H2,19,25)(H2,20,27)(H,22,23,26). The number of nitrogens with two attached hydrogens (primary N) is 2. The molecule has 2 heterocycles. The number of nitrogens with one attached hydrogen (secondary N) is 1. The Bertz CT molecular complexity index is 1050. The number of imidazole rings is 1. The van der Waals surface area contributed by atoms with Crippen molar-refractivity contribution in [2.75, 3.05) is 5.32 Å². The quantitative estimate of drug-likeness (QED) is 0.549. The summed E-state index contributed by atoms with van der Waals surface area (Å²) >= 11 is 0. The number of carbonyl (C=O) groups excluding carboxylic acids is 3. The van der Waals surface area contributed by atoms with Crippen molar-refractivity contribution in [2.45, 2.75) is 32.2 Å². The summed E-state index contributed by atoms with van der Waals surface area (Å²) in [5.41, 5.74) is 11.7. The molecule has 0 saturated heterocycles. The number of carbonyl (C=O) groups is 3. The lowest BCUT2D eigenvalue weighted by atomic mass is 9.84. The van der Waals surface area contributed by atoms with Crippen molar-refractivity contribution >= 4 is 34.7 Å². The number of hydrogen-bond donors (Lipinski definition) is 3. The van der Waals surface area contributed by atoms with E-state index in [1.54, 1.807) is 36.6 Å². The minimum atomic E-state index is -0.894. The first-order valence-electron chi connectivity index (χ1n) is 8.51. The number of rotatable bonds is 7. The Morgan fingerprint density at radius 2 is 1.96 bits per heavy atom. The molecule has 2 aromatic heterocycles. The van der Waals surface area contributed by atoms with Gasteiger partial charge in [0.1, 0.15) is 0 Å². The fourth-order valence-electron chi connectivity index (χ4n) is 2.70. The van der Waals surface area contributed by atoms with Crippen LogP contribution in [0.4, 0.5) is 5.95 Å². The van der Waals surface area contributed by atoms with Gasteiger partial charge >= 0.3 is 0 Å². The highest BCUT2D eigenvalue weighted by molar-refractivity contribution is 6.02. The van der Waals surface area contributed by atoms with Gasteiger partial charge in [-0.25, -0.2) is 4.98 Å². The van der Waals surface area contributed by atoms with Gasteiger partial charge in [0.2, 0.25) is 23.5 Å². The summed E-state index contributed by atoms with van der Waals surface area (Å²) in [5.74, 6) is -1.26. The van der Waals surface area contributed by atoms with E-state index in [1.165, 1.54) is 12.3 Å². The molecule has 0 radical (unpaired) electrons. The predicted octanol–water partition coefficient (Wildman–Crippen LogP) is 0.915. The van der Waals surface area contributed by atoms with Crippen molar-refractivity contribution < 1.29 is 18.9 Å². The highest BCUT2D eigenvalue weighted by Gasteiger charge is 2.28. The first-order chi connectivity index (χ1) is 13.2. The van der Waals surface area contributed by atoms with E-state index in [9.17, 15) is 14.4 Å². The van der Waals surface area contributed by atoms with Crippen LogP contribution in [0.3, 0.4) is 0 Å². The van der Waals surface area contributed by atoms with Gasteiger partial charge in [-0.15, -0.1) is 0 Å². The normalized spacial score (nSPS) is 11.5. The second kappa shape index (κ2) is 7.14. The Morgan fingerprint density at radius 1 is 1.21 bits per heavy atom. The number of fused-ring (bicyclic) bond motifs is 1. The first-order valence-corrected chi connectivity index (χ1v) is 8.51. The van der Waals surface area contributed by atoms with Crippen molar-refractivity contribution in [1.82, 2.24) is 14.7 Å². The van der Waals surface area contributed by atoms with E-state index < -0.39 is 23.1 Å². The molecule has 10 nitrogen and oxygen atoms in total. The van der Waals surface area contributed by atoms with Gasteiger partial charge in [-0.05, 0) is 31.5 Å². The molecule has 0 aliphatic rings. The van der Waals surface area contributed by atoms with Gasteiger partial charge in [-0.1, -0.05) is 11.2 Å². The molecule has 1 aromatic carbocycles. The van der Waals surface area contributed by atoms with Gasteiger partial charge in [0.15, 0.2) is 0 Å². The number of aryl methyl sites for hydroxylation is 1. The number of benzene rings is 1. The van der Waals surface area contributed by atoms with Gasteiger partial charge in [0.25, 0.3) is 5.91 Å². The monoisotopic (exact) mass is 384 g/mol. The van der Waals surface area contributed by atoms with Crippen LogP contribution in [0.25, 0.3) is 11.0 Å². The molecule has 0 bridgehead atoms. The minimum Gasteiger partial charge on any atom is -0.370 e. The van der Waals surface area contributed by atoms with Gasteiger partial charge < -0.3 is 20.6 Å². The summed E-state index contributed by atoms with van der Waals surface area (Å²) < 4.78 is 6.51. The third-order valence-corrected chi connectivity index (χ3v) is 4.55. The number of aromatic nitrogens is 3. The summed E-state index contributed by atoms with van der Waals surface area (Å²) in [7, 11) is 0. The summed E-state index contributed by atoms with van der Waals surface area (Å²) in [4.78, 5) is 39.7. The fraction of sp³-hybridized carbons (Fsp3) is 0.278.